The quantitative estimate of drug-likeness (QED) is 0.618. The summed E-state index contributed by atoms with van der Waals surface area (Å²) in [7, 11) is 0. The fraction of sp³-hybridized carbons (Fsp3) is 0.318. The number of nitrogens with two attached hydrogens (primary N) is 1. The molecule has 0 aliphatic heterocycles. The first-order valence-electron chi connectivity index (χ1n) is 9.54. The summed E-state index contributed by atoms with van der Waals surface area (Å²) in [5, 5.41) is 3.01. The van der Waals surface area contributed by atoms with Crippen LogP contribution in [0.15, 0.2) is 54.6 Å². The number of benzene rings is 2. The highest BCUT2D eigenvalue weighted by molar-refractivity contribution is 7.80. The van der Waals surface area contributed by atoms with E-state index in [-0.39, 0.29) is 23.5 Å². The van der Waals surface area contributed by atoms with Gasteiger partial charge in [0.2, 0.25) is 5.91 Å². The van der Waals surface area contributed by atoms with Gasteiger partial charge in [-0.2, -0.15) is 0 Å². The number of carbonyl (C=O) groups excluding carboxylic acids is 2. The summed E-state index contributed by atoms with van der Waals surface area (Å²) >= 11 is 5.43. The fourth-order valence-electron chi connectivity index (χ4n) is 2.70. The third kappa shape index (κ3) is 7.91. The van der Waals surface area contributed by atoms with Crippen molar-refractivity contribution in [2.45, 2.75) is 32.8 Å². The zero-order valence-electron chi connectivity index (χ0n) is 16.8. The molecule has 0 heterocycles. The summed E-state index contributed by atoms with van der Waals surface area (Å²) in [5.74, 6) is -0.122. The summed E-state index contributed by atoms with van der Waals surface area (Å²) in [5.41, 5.74) is 6.88. The standard InChI is InChI=1S/C22H27N3O3S/c1-16(2)28-19-10-6-9-18(15-19)21(27)24-22(29)25(14-12-20(23)26)13-11-17-7-4-3-5-8-17/h3-10,15-16H,11-14H2,1-2H3,(H2,23,26)(H,24,27,29). The van der Waals surface area contributed by atoms with Gasteiger partial charge in [-0.1, -0.05) is 36.4 Å². The highest BCUT2D eigenvalue weighted by atomic mass is 32.1. The van der Waals surface area contributed by atoms with Gasteiger partial charge in [0, 0.05) is 25.1 Å². The molecule has 2 amide bonds. The van der Waals surface area contributed by atoms with Crippen molar-refractivity contribution in [1.82, 2.24) is 10.2 Å². The molecule has 0 saturated carbocycles. The monoisotopic (exact) mass is 413 g/mol. The normalized spacial score (nSPS) is 10.4. The molecule has 0 radical (unpaired) electrons. The van der Waals surface area contributed by atoms with Crippen LogP contribution in [0.2, 0.25) is 0 Å². The molecule has 0 aliphatic carbocycles. The molecule has 3 N–H and O–H groups in total. The summed E-state index contributed by atoms with van der Waals surface area (Å²) in [6.07, 6.45) is 0.896. The first kappa shape index (κ1) is 22.4. The van der Waals surface area contributed by atoms with Gasteiger partial charge in [0.1, 0.15) is 5.75 Å². The topological polar surface area (TPSA) is 84.7 Å². The number of amides is 2. The zero-order valence-corrected chi connectivity index (χ0v) is 17.6. The van der Waals surface area contributed by atoms with Gasteiger partial charge in [-0.15, -0.1) is 0 Å². The Morgan fingerprint density at radius 1 is 1.10 bits per heavy atom. The van der Waals surface area contributed by atoms with E-state index in [1.54, 1.807) is 29.2 Å². The lowest BCUT2D eigenvalue weighted by Gasteiger charge is -2.25. The average Bonchev–Trinajstić information content (AvgIpc) is 2.68. The molecule has 0 aliphatic rings. The van der Waals surface area contributed by atoms with Crippen LogP contribution in [-0.4, -0.2) is 41.0 Å². The molecule has 0 aromatic heterocycles. The van der Waals surface area contributed by atoms with E-state index in [2.05, 4.69) is 5.32 Å². The number of primary amides is 1. The smallest absolute Gasteiger partial charge is 0.257 e. The molecule has 154 valence electrons. The predicted octanol–water partition coefficient (Wildman–Crippen LogP) is 2.91. The molecule has 6 nitrogen and oxygen atoms in total. The Balaban J connectivity index is 2.03. The fourth-order valence-corrected chi connectivity index (χ4v) is 2.98. The molecular weight excluding hydrogens is 386 g/mol. The van der Waals surface area contributed by atoms with Crippen molar-refractivity contribution in [3.63, 3.8) is 0 Å². The maximum Gasteiger partial charge on any atom is 0.257 e. The van der Waals surface area contributed by atoms with Crippen LogP contribution in [0.1, 0.15) is 36.2 Å². The van der Waals surface area contributed by atoms with E-state index in [1.165, 1.54) is 0 Å². The number of hydrogen-bond donors (Lipinski definition) is 2. The third-order valence-electron chi connectivity index (χ3n) is 4.12. The first-order valence-corrected chi connectivity index (χ1v) is 9.95. The van der Waals surface area contributed by atoms with Crippen LogP contribution in [0.25, 0.3) is 0 Å². The number of thiocarbonyl (C=S) groups is 1. The van der Waals surface area contributed by atoms with Crippen LogP contribution in [0.5, 0.6) is 5.75 Å². The maximum atomic E-state index is 12.6. The molecule has 0 fully saturated rings. The number of rotatable bonds is 9. The summed E-state index contributed by atoms with van der Waals surface area (Å²) in [6, 6.07) is 16.9. The van der Waals surface area contributed by atoms with Crippen molar-refractivity contribution in [3.05, 3.63) is 65.7 Å². The molecule has 0 atom stereocenters. The van der Waals surface area contributed by atoms with E-state index in [0.29, 0.717) is 24.4 Å². The average molecular weight is 414 g/mol. The van der Waals surface area contributed by atoms with Crippen molar-refractivity contribution < 1.29 is 14.3 Å². The van der Waals surface area contributed by atoms with Crippen LogP contribution < -0.4 is 15.8 Å². The molecule has 0 bridgehead atoms. The third-order valence-corrected chi connectivity index (χ3v) is 4.48. The molecule has 0 spiro atoms. The first-order chi connectivity index (χ1) is 13.8. The Kier molecular flexibility index (Phi) is 8.61. The largest absolute Gasteiger partial charge is 0.491 e. The molecule has 0 saturated heterocycles. The number of nitrogens with zero attached hydrogens (tertiary/aromatic N) is 1. The molecule has 29 heavy (non-hydrogen) atoms. The predicted molar refractivity (Wildman–Crippen MR) is 118 cm³/mol. The van der Waals surface area contributed by atoms with Gasteiger partial charge in [0.05, 0.1) is 6.10 Å². The number of hydrogen-bond acceptors (Lipinski definition) is 4. The SMILES string of the molecule is CC(C)Oc1cccc(C(=O)NC(=S)N(CCC(N)=O)CCc2ccccc2)c1. The van der Waals surface area contributed by atoms with Crippen molar-refractivity contribution in [2.75, 3.05) is 13.1 Å². The van der Waals surface area contributed by atoms with Gasteiger partial charge in [0.25, 0.3) is 5.91 Å². The van der Waals surface area contributed by atoms with E-state index < -0.39 is 5.91 Å². The number of ether oxygens (including phenoxy) is 1. The summed E-state index contributed by atoms with van der Waals surface area (Å²) in [6.45, 7) is 4.75. The summed E-state index contributed by atoms with van der Waals surface area (Å²) < 4.78 is 5.64. The van der Waals surface area contributed by atoms with Crippen LogP contribution in [0.4, 0.5) is 0 Å². The van der Waals surface area contributed by atoms with E-state index in [1.807, 2.05) is 44.2 Å². The maximum absolute atomic E-state index is 12.6. The van der Waals surface area contributed by atoms with Gasteiger partial charge in [-0.05, 0) is 56.2 Å². The minimum absolute atomic E-state index is 0.0108. The van der Waals surface area contributed by atoms with Crippen LogP contribution >= 0.6 is 12.2 Å². The highest BCUT2D eigenvalue weighted by Crippen LogP contribution is 2.15. The van der Waals surface area contributed by atoms with Crippen LogP contribution in [0, 0.1) is 0 Å². The van der Waals surface area contributed by atoms with E-state index in [0.717, 1.165) is 12.0 Å². The second-order valence-corrected chi connectivity index (χ2v) is 7.28. The van der Waals surface area contributed by atoms with Gasteiger partial charge < -0.3 is 15.4 Å². The van der Waals surface area contributed by atoms with Crippen molar-refractivity contribution in [3.8, 4) is 5.75 Å². The Hall–Kier alpha value is -2.93. The second-order valence-electron chi connectivity index (χ2n) is 6.89. The van der Waals surface area contributed by atoms with Crippen molar-refractivity contribution in [1.29, 1.82) is 0 Å². The Labute approximate surface area is 177 Å². The Morgan fingerprint density at radius 2 is 1.83 bits per heavy atom. The minimum atomic E-state index is -0.414. The van der Waals surface area contributed by atoms with Gasteiger partial charge >= 0.3 is 0 Å². The number of carbonyl (C=O) groups is 2. The van der Waals surface area contributed by atoms with Crippen molar-refractivity contribution in [2.24, 2.45) is 5.73 Å². The van der Waals surface area contributed by atoms with Gasteiger partial charge in [0.15, 0.2) is 5.11 Å². The second kappa shape index (κ2) is 11.2. The van der Waals surface area contributed by atoms with Crippen LogP contribution in [0.3, 0.4) is 0 Å². The summed E-state index contributed by atoms with van der Waals surface area (Å²) in [4.78, 5) is 25.6. The number of nitrogens with one attached hydrogen (secondary N) is 1. The minimum Gasteiger partial charge on any atom is -0.491 e. The lowest BCUT2D eigenvalue weighted by atomic mass is 10.1. The molecule has 2 aromatic carbocycles. The zero-order chi connectivity index (χ0) is 21.2. The van der Waals surface area contributed by atoms with Crippen molar-refractivity contribution >= 4 is 29.1 Å². The van der Waals surface area contributed by atoms with Gasteiger partial charge in [-0.25, -0.2) is 0 Å². The molecule has 0 unspecified atom stereocenters. The van der Waals surface area contributed by atoms with Gasteiger partial charge in [-0.3, -0.25) is 14.9 Å². The van der Waals surface area contributed by atoms with E-state index in [9.17, 15) is 9.59 Å². The molecule has 7 heteroatoms. The van der Waals surface area contributed by atoms with Crippen LogP contribution in [-0.2, 0) is 11.2 Å². The Bertz CT molecular complexity index is 840. The van der Waals surface area contributed by atoms with E-state index in [4.69, 9.17) is 22.7 Å². The lowest BCUT2D eigenvalue weighted by Crippen LogP contribution is -2.44. The lowest BCUT2D eigenvalue weighted by molar-refractivity contribution is -0.118. The molecule has 2 aromatic rings. The molecule has 2 rings (SSSR count). The van der Waals surface area contributed by atoms with E-state index >= 15 is 0 Å². The highest BCUT2D eigenvalue weighted by Gasteiger charge is 2.15. The Morgan fingerprint density at radius 3 is 2.48 bits per heavy atom. The molecular formula is C22H27N3O3S.